The number of carbonyl (C=O) groups excluding carboxylic acids is 2. The van der Waals surface area contributed by atoms with Gasteiger partial charge in [-0.05, 0) is 42.8 Å². The lowest BCUT2D eigenvalue weighted by atomic mass is 10.1. The molecule has 1 amide bonds. The maximum absolute atomic E-state index is 12.6. The number of amides is 1. The first-order valence-corrected chi connectivity index (χ1v) is 8.40. The van der Waals surface area contributed by atoms with Gasteiger partial charge in [0.15, 0.2) is 0 Å². The number of fused-ring (bicyclic) bond motifs is 1. The fraction of sp³-hybridized carbons (Fsp3) is 0.143. The van der Waals surface area contributed by atoms with Gasteiger partial charge < -0.3 is 14.8 Å². The molecule has 0 aromatic heterocycles. The third kappa shape index (κ3) is 4.19. The highest BCUT2D eigenvalue weighted by Gasteiger charge is 2.13. The molecule has 0 atom stereocenters. The molecular weight excluding hydrogens is 330 g/mol. The Hall–Kier alpha value is -3.34. The molecule has 0 saturated carbocycles. The van der Waals surface area contributed by atoms with E-state index >= 15 is 0 Å². The molecule has 5 nitrogen and oxygen atoms in total. The molecule has 5 heteroatoms. The van der Waals surface area contributed by atoms with Gasteiger partial charge in [0.05, 0.1) is 18.4 Å². The second kappa shape index (κ2) is 8.16. The van der Waals surface area contributed by atoms with Crippen LogP contribution in [0.15, 0.2) is 66.4 Å². The van der Waals surface area contributed by atoms with E-state index in [1.807, 2.05) is 31.2 Å². The van der Waals surface area contributed by atoms with E-state index in [9.17, 15) is 9.59 Å². The van der Waals surface area contributed by atoms with Gasteiger partial charge in [-0.3, -0.25) is 4.79 Å². The maximum atomic E-state index is 12.6. The normalized spacial score (nSPS) is 12.3. The molecule has 3 rings (SSSR count). The summed E-state index contributed by atoms with van der Waals surface area (Å²) in [6.45, 7) is 2.30. The van der Waals surface area contributed by atoms with Crippen molar-refractivity contribution in [3.8, 4) is 5.75 Å². The van der Waals surface area contributed by atoms with E-state index in [0.717, 1.165) is 12.0 Å². The fourth-order valence-electron chi connectivity index (χ4n) is 2.45. The summed E-state index contributed by atoms with van der Waals surface area (Å²) in [5.74, 6) is -0.00769. The Morgan fingerprint density at radius 3 is 2.81 bits per heavy atom. The first-order valence-electron chi connectivity index (χ1n) is 8.40. The van der Waals surface area contributed by atoms with Crippen LogP contribution in [0.25, 0.3) is 6.08 Å². The summed E-state index contributed by atoms with van der Waals surface area (Å²) in [5, 5.41) is 2.80. The van der Waals surface area contributed by atoms with Gasteiger partial charge in [0, 0.05) is 16.8 Å². The average molecular weight is 349 g/mol. The van der Waals surface area contributed by atoms with Crippen molar-refractivity contribution in [1.29, 1.82) is 0 Å². The number of rotatable bonds is 5. The summed E-state index contributed by atoms with van der Waals surface area (Å²) in [6.07, 6.45) is 5.60. The van der Waals surface area contributed by atoms with E-state index < -0.39 is 5.97 Å². The molecule has 0 bridgehead atoms. The number of para-hydroxylation sites is 1. The van der Waals surface area contributed by atoms with Crippen LogP contribution in [0.5, 0.6) is 5.75 Å². The first kappa shape index (κ1) is 17.5. The van der Waals surface area contributed by atoms with Crippen molar-refractivity contribution >= 4 is 23.6 Å². The molecular formula is C21H19NO4. The summed E-state index contributed by atoms with van der Waals surface area (Å²) in [5.41, 5.74) is 2.19. The van der Waals surface area contributed by atoms with Gasteiger partial charge in [-0.1, -0.05) is 31.2 Å². The number of hydrogen-bond acceptors (Lipinski definition) is 4. The third-order valence-electron chi connectivity index (χ3n) is 3.73. The summed E-state index contributed by atoms with van der Waals surface area (Å²) in [7, 11) is 0. The van der Waals surface area contributed by atoms with Crippen LogP contribution in [-0.2, 0) is 9.53 Å². The minimum atomic E-state index is -0.404. The Balaban J connectivity index is 1.76. The minimum absolute atomic E-state index is 0.291. The van der Waals surface area contributed by atoms with Crippen LogP contribution >= 0.6 is 0 Å². The lowest BCUT2D eigenvalue weighted by Gasteiger charge is -2.08. The molecule has 1 aliphatic rings. The van der Waals surface area contributed by atoms with E-state index in [0.29, 0.717) is 29.2 Å². The van der Waals surface area contributed by atoms with Crippen LogP contribution in [0.4, 0.5) is 5.69 Å². The summed E-state index contributed by atoms with van der Waals surface area (Å²) < 4.78 is 10.6. The van der Waals surface area contributed by atoms with Crippen molar-refractivity contribution in [2.45, 2.75) is 13.3 Å². The Labute approximate surface area is 151 Å². The maximum Gasteiger partial charge on any atom is 0.338 e. The smallest absolute Gasteiger partial charge is 0.338 e. The number of esters is 1. The number of anilines is 1. The zero-order chi connectivity index (χ0) is 18.4. The molecule has 132 valence electrons. The number of nitrogens with one attached hydrogen (secondary N) is 1. The zero-order valence-electron chi connectivity index (χ0n) is 14.4. The van der Waals surface area contributed by atoms with Crippen LogP contribution in [0.3, 0.4) is 0 Å². The molecule has 1 heterocycles. The Morgan fingerprint density at radius 2 is 1.96 bits per heavy atom. The Kier molecular flexibility index (Phi) is 5.49. The summed E-state index contributed by atoms with van der Waals surface area (Å²) in [4.78, 5) is 24.5. The Bertz CT molecular complexity index is 883. The van der Waals surface area contributed by atoms with E-state index in [4.69, 9.17) is 9.47 Å². The van der Waals surface area contributed by atoms with Crippen LogP contribution < -0.4 is 10.1 Å². The molecule has 0 radical (unpaired) electrons. The molecule has 1 aliphatic heterocycles. The molecule has 0 aliphatic carbocycles. The molecule has 0 saturated heterocycles. The SMILES string of the molecule is CCCOC(=O)c1cccc(NC(=O)C2=Cc3ccccc3OC=C2)c1. The van der Waals surface area contributed by atoms with Gasteiger partial charge in [-0.15, -0.1) is 0 Å². The lowest BCUT2D eigenvalue weighted by molar-refractivity contribution is -0.112. The molecule has 0 fully saturated rings. The topological polar surface area (TPSA) is 64.6 Å². The van der Waals surface area contributed by atoms with Gasteiger partial charge >= 0.3 is 5.97 Å². The number of carbonyl (C=O) groups is 2. The van der Waals surface area contributed by atoms with Crippen molar-refractivity contribution in [3.05, 3.63) is 77.6 Å². The second-order valence-electron chi connectivity index (χ2n) is 5.73. The minimum Gasteiger partial charge on any atom is -0.464 e. The van der Waals surface area contributed by atoms with Crippen LogP contribution in [0, 0.1) is 0 Å². The van der Waals surface area contributed by atoms with Gasteiger partial charge in [0.1, 0.15) is 5.75 Å². The van der Waals surface area contributed by atoms with Crippen molar-refractivity contribution in [2.75, 3.05) is 11.9 Å². The molecule has 2 aromatic carbocycles. The molecule has 2 aromatic rings. The quantitative estimate of drug-likeness (QED) is 0.823. The van der Waals surface area contributed by atoms with Gasteiger partial charge in [-0.2, -0.15) is 0 Å². The number of ether oxygens (including phenoxy) is 2. The van der Waals surface area contributed by atoms with E-state index in [2.05, 4.69) is 5.32 Å². The summed E-state index contributed by atoms with van der Waals surface area (Å²) >= 11 is 0. The van der Waals surface area contributed by atoms with Crippen molar-refractivity contribution < 1.29 is 19.1 Å². The van der Waals surface area contributed by atoms with E-state index in [-0.39, 0.29) is 5.91 Å². The first-order chi connectivity index (χ1) is 12.7. The predicted molar refractivity (Wildman–Crippen MR) is 99.8 cm³/mol. The second-order valence-corrected chi connectivity index (χ2v) is 5.73. The van der Waals surface area contributed by atoms with Gasteiger partial charge in [-0.25, -0.2) is 4.79 Å². The van der Waals surface area contributed by atoms with E-state index in [1.165, 1.54) is 6.26 Å². The van der Waals surface area contributed by atoms with Crippen LogP contribution in [0.2, 0.25) is 0 Å². The highest BCUT2D eigenvalue weighted by Crippen LogP contribution is 2.25. The number of benzene rings is 2. The average Bonchev–Trinajstić information content (AvgIpc) is 2.89. The monoisotopic (exact) mass is 349 g/mol. The standard InChI is InChI=1S/C21H19NO4/c1-2-11-26-21(24)17-7-5-8-18(14-17)22-20(23)16-10-12-25-19-9-4-3-6-15(19)13-16/h3-10,12-14H,2,11H2,1H3,(H,22,23). The van der Waals surface area contributed by atoms with Gasteiger partial charge in [0.25, 0.3) is 5.91 Å². The highest BCUT2D eigenvalue weighted by molar-refractivity contribution is 6.09. The molecule has 0 spiro atoms. The van der Waals surface area contributed by atoms with Crippen molar-refractivity contribution in [2.24, 2.45) is 0 Å². The largest absolute Gasteiger partial charge is 0.464 e. The highest BCUT2D eigenvalue weighted by atomic mass is 16.5. The van der Waals surface area contributed by atoms with Crippen LogP contribution in [0.1, 0.15) is 29.3 Å². The summed E-state index contributed by atoms with van der Waals surface area (Å²) in [6, 6.07) is 14.1. The molecule has 1 N–H and O–H groups in total. The Morgan fingerprint density at radius 1 is 1.12 bits per heavy atom. The van der Waals surface area contributed by atoms with Crippen molar-refractivity contribution in [3.63, 3.8) is 0 Å². The number of hydrogen-bond donors (Lipinski definition) is 1. The molecule has 26 heavy (non-hydrogen) atoms. The predicted octanol–water partition coefficient (Wildman–Crippen LogP) is 4.18. The van der Waals surface area contributed by atoms with Crippen molar-refractivity contribution in [1.82, 2.24) is 0 Å². The van der Waals surface area contributed by atoms with Gasteiger partial charge in [0.2, 0.25) is 0 Å². The molecule has 0 unspecified atom stereocenters. The zero-order valence-corrected chi connectivity index (χ0v) is 14.4. The van der Waals surface area contributed by atoms with Crippen LogP contribution in [-0.4, -0.2) is 18.5 Å². The fourth-order valence-corrected chi connectivity index (χ4v) is 2.45. The van der Waals surface area contributed by atoms with E-state index in [1.54, 1.807) is 36.4 Å². The lowest BCUT2D eigenvalue weighted by Crippen LogP contribution is -2.14. The third-order valence-corrected chi connectivity index (χ3v) is 3.73.